The number of alkyl halides is 3. The number of benzene rings is 1. The molecule has 4 N–H and O–H groups in total. The maximum atomic E-state index is 12.8. The van der Waals surface area contributed by atoms with Gasteiger partial charge in [-0.05, 0) is 13.1 Å². The number of anilines is 1. The van der Waals surface area contributed by atoms with Gasteiger partial charge >= 0.3 is 6.18 Å². The van der Waals surface area contributed by atoms with E-state index in [9.17, 15) is 18.3 Å². The summed E-state index contributed by atoms with van der Waals surface area (Å²) in [6.45, 7) is -0.648. The highest BCUT2D eigenvalue weighted by atomic mass is 19.4. The average molecular weight is 234 g/mol. The van der Waals surface area contributed by atoms with E-state index in [0.29, 0.717) is 0 Å². The standard InChI is InChI=1S/C10H13F3N2O/c1-15-6-9(16,10(11,12)13)7-4-2-3-5-8(7)14/h2-5,15-16H,6,14H2,1H3. The van der Waals surface area contributed by atoms with Crippen LogP contribution in [-0.4, -0.2) is 24.9 Å². The summed E-state index contributed by atoms with van der Waals surface area (Å²) in [6, 6.07) is 5.40. The molecule has 3 nitrogen and oxygen atoms in total. The van der Waals surface area contributed by atoms with Gasteiger partial charge in [-0.1, -0.05) is 18.2 Å². The van der Waals surface area contributed by atoms with Crippen molar-refractivity contribution in [3.63, 3.8) is 0 Å². The Balaban J connectivity index is 3.28. The Morgan fingerprint density at radius 3 is 2.31 bits per heavy atom. The van der Waals surface area contributed by atoms with Gasteiger partial charge in [-0.25, -0.2) is 0 Å². The molecule has 6 heteroatoms. The van der Waals surface area contributed by atoms with E-state index in [4.69, 9.17) is 5.73 Å². The molecule has 0 radical (unpaired) electrons. The number of likely N-dealkylation sites (N-methyl/N-ethyl adjacent to an activating group) is 1. The van der Waals surface area contributed by atoms with Crippen LogP contribution in [0.3, 0.4) is 0 Å². The summed E-state index contributed by atoms with van der Waals surface area (Å²) in [5.41, 5.74) is 2.06. The molecule has 0 aromatic heterocycles. The summed E-state index contributed by atoms with van der Waals surface area (Å²) in [7, 11) is 1.33. The first-order chi connectivity index (χ1) is 7.33. The van der Waals surface area contributed by atoms with Crippen LogP contribution in [0.5, 0.6) is 0 Å². The van der Waals surface area contributed by atoms with Crippen LogP contribution in [-0.2, 0) is 5.60 Å². The van der Waals surface area contributed by atoms with Gasteiger partial charge in [-0.15, -0.1) is 0 Å². The molecule has 1 atom stereocenters. The van der Waals surface area contributed by atoms with Crippen molar-refractivity contribution in [1.29, 1.82) is 0 Å². The van der Waals surface area contributed by atoms with Crippen LogP contribution in [0.4, 0.5) is 18.9 Å². The SMILES string of the molecule is CNCC(O)(c1ccccc1N)C(F)(F)F. The minimum atomic E-state index is -4.79. The van der Waals surface area contributed by atoms with Crippen LogP contribution in [0.2, 0.25) is 0 Å². The molecule has 0 amide bonds. The Labute approximate surface area is 91.1 Å². The lowest BCUT2D eigenvalue weighted by atomic mass is 9.91. The number of halogens is 3. The molecule has 0 bridgehead atoms. The normalized spacial score (nSPS) is 15.8. The fourth-order valence-corrected chi connectivity index (χ4v) is 1.48. The molecular weight excluding hydrogens is 221 g/mol. The van der Waals surface area contributed by atoms with Gasteiger partial charge in [0.15, 0.2) is 5.60 Å². The fraction of sp³-hybridized carbons (Fsp3) is 0.400. The maximum Gasteiger partial charge on any atom is 0.422 e. The second-order valence-electron chi connectivity index (χ2n) is 3.48. The molecule has 1 aromatic carbocycles. The van der Waals surface area contributed by atoms with Crippen molar-refractivity contribution in [2.75, 3.05) is 19.3 Å². The van der Waals surface area contributed by atoms with Crippen LogP contribution < -0.4 is 11.1 Å². The Kier molecular flexibility index (Phi) is 3.44. The Bertz CT molecular complexity index is 367. The molecule has 1 unspecified atom stereocenters. The predicted molar refractivity (Wildman–Crippen MR) is 54.7 cm³/mol. The predicted octanol–water partition coefficient (Wildman–Crippen LogP) is 1.24. The first kappa shape index (κ1) is 12.8. The average Bonchev–Trinajstić information content (AvgIpc) is 2.16. The molecule has 0 heterocycles. The van der Waals surface area contributed by atoms with Crippen molar-refractivity contribution >= 4 is 5.69 Å². The number of nitrogens with two attached hydrogens (primary N) is 1. The zero-order valence-corrected chi connectivity index (χ0v) is 8.67. The number of hydrogen-bond donors (Lipinski definition) is 3. The lowest BCUT2D eigenvalue weighted by molar-refractivity contribution is -0.263. The van der Waals surface area contributed by atoms with Gasteiger partial charge in [0.25, 0.3) is 0 Å². The molecule has 90 valence electrons. The molecule has 0 aliphatic rings. The summed E-state index contributed by atoms with van der Waals surface area (Å²) >= 11 is 0. The number of nitrogens with one attached hydrogen (secondary N) is 1. The number of rotatable bonds is 3. The largest absolute Gasteiger partial charge is 0.422 e. The monoisotopic (exact) mass is 234 g/mol. The van der Waals surface area contributed by atoms with Gasteiger partial charge in [0.1, 0.15) is 0 Å². The van der Waals surface area contributed by atoms with Crippen LogP contribution in [0, 0.1) is 0 Å². The lowest BCUT2D eigenvalue weighted by Crippen LogP contribution is -2.49. The van der Waals surface area contributed by atoms with Crippen LogP contribution in [0.1, 0.15) is 5.56 Å². The quantitative estimate of drug-likeness (QED) is 0.689. The van der Waals surface area contributed by atoms with E-state index in [2.05, 4.69) is 5.32 Å². The van der Waals surface area contributed by atoms with Crippen molar-refractivity contribution in [1.82, 2.24) is 5.32 Å². The van der Waals surface area contributed by atoms with Crippen molar-refractivity contribution in [3.8, 4) is 0 Å². The van der Waals surface area contributed by atoms with E-state index in [0.717, 1.165) is 0 Å². The summed E-state index contributed by atoms with van der Waals surface area (Å²) < 4.78 is 38.4. The summed E-state index contributed by atoms with van der Waals surface area (Å²) in [4.78, 5) is 0. The molecular formula is C10H13F3N2O. The molecule has 16 heavy (non-hydrogen) atoms. The van der Waals surface area contributed by atoms with E-state index in [-0.39, 0.29) is 11.3 Å². The first-order valence-electron chi connectivity index (χ1n) is 4.61. The van der Waals surface area contributed by atoms with Crippen molar-refractivity contribution in [3.05, 3.63) is 29.8 Å². The van der Waals surface area contributed by atoms with E-state index in [1.165, 1.54) is 31.3 Å². The zero-order valence-electron chi connectivity index (χ0n) is 8.67. The van der Waals surface area contributed by atoms with Gasteiger partial charge in [-0.2, -0.15) is 13.2 Å². The molecule has 0 saturated carbocycles. The number of hydrogen-bond acceptors (Lipinski definition) is 3. The second kappa shape index (κ2) is 4.31. The van der Waals surface area contributed by atoms with Crippen LogP contribution in [0.25, 0.3) is 0 Å². The Morgan fingerprint density at radius 2 is 1.88 bits per heavy atom. The van der Waals surface area contributed by atoms with Gasteiger partial charge in [0.05, 0.1) is 0 Å². The molecule has 0 fully saturated rings. The highest BCUT2D eigenvalue weighted by Gasteiger charge is 2.55. The minimum Gasteiger partial charge on any atom is -0.398 e. The lowest BCUT2D eigenvalue weighted by Gasteiger charge is -2.31. The van der Waals surface area contributed by atoms with Crippen molar-refractivity contribution < 1.29 is 18.3 Å². The van der Waals surface area contributed by atoms with Crippen molar-refractivity contribution in [2.24, 2.45) is 0 Å². The molecule has 0 aliphatic carbocycles. The highest BCUT2D eigenvalue weighted by molar-refractivity contribution is 5.50. The minimum absolute atomic E-state index is 0.0856. The molecule has 0 saturated heterocycles. The first-order valence-corrected chi connectivity index (χ1v) is 4.61. The van der Waals surface area contributed by atoms with E-state index >= 15 is 0 Å². The van der Waals surface area contributed by atoms with Gasteiger partial charge < -0.3 is 16.2 Å². The second-order valence-corrected chi connectivity index (χ2v) is 3.48. The zero-order chi connectivity index (χ0) is 12.4. The van der Waals surface area contributed by atoms with Gasteiger partial charge in [0, 0.05) is 17.8 Å². The van der Waals surface area contributed by atoms with Gasteiger partial charge in [-0.3, -0.25) is 0 Å². The molecule has 1 aromatic rings. The highest BCUT2D eigenvalue weighted by Crippen LogP contribution is 2.40. The van der Waals surface area contributed by atoms with Crippen LogP contribution >= 0.6 is 0 Å². The molecule has 0 spiro atoms. The van der Waals surface area contributed by atoms with E-state index < -0.39 is 18.3 Å². The van der Waals surface area contributed by atoms with Crippen molar-refractivity contribution in [2.45, 2.75) is 11.8 Å². The fourth-order valence-electron chi connectivity index (χ4n) is 1.48. The topological polar surface area (TPSA) is 58.3 Å². The third-order valence-electron chi connectivity index (χ3n) is 2.31. The molecule has 0 aliphatic heterocycles. The van der Waals surface area contributed by atoms with E-state index in [1.54, 1.807) is 0 Å². The van der Waals surface area contributed by atoms with Crippen LogP contribution in [0.15, 0.2) is 24.3 Å². The number of para-hydroxylation sites is 1. The van der Waals surface area contributed by atoms with E-state index in [1.807, 2.05) is 0 Å². The Morgan fingerprint density at radius 1 is 1.31 bits per heavy atom. The number of nitrogen functional groups attached to an aromatic ring is 1. The summed E-state index contributed by atoms with van der Waals surface area (Å²) in [5.74, 6) is 0. The summed E-state index contributed by atoms with van der Waals surface area (Å²) in [6.07, 6.45) is -4.79. The third-order valence-corrected chi connectivity index (χ3v) is 2.31. The molecule has 1 rings (SSSR count). The van der Waals surface area contributed by atoms with Gasteiger partial charge in [0.2, 0.25) is 0 Å². The number of aliphatic hydroxyl groups is 1. The Hall–Kier alpha value is -1.27. The maximum absolute atomic E-state index is 12.8. The smallest absolute Gasteiger partial charge is 0.398 e. The third kappa shape index (κ3) is 2.12. The summed E-state index contributed by atoms with van der Waals surface area (Å²) in [5, 5.41) is 12.0.